The molecule has 0 spiro atoms. The molecule has 0 amide bonds. The molecule has 1 heterocycles. The van der Waals surface area contributed by atoms with Crippen LogP contribution in [-0.4, -0.2) is 23.5 Å². The number of nitrogens with one attached hydrogen (secondary N) is 1. The Bertz CT molecular complexity index is 680. The fraction of sp³-hybridized carbons (Fsp3) is 0.222. The summed E-state index contributed by atoms with van der Waals surface area (Å²) < 4.78 is 0. The van der Waals surface area contributed by atoms with Crippen molar-refractivity contribution in [3.05, 3.63) is 71.9 Å². The molecule has 0 aliphatic heterocycles. The first-order valence-corrected chi connectivity index (χ1v) is 6.93. The van der Waals surface area contributed by atoms with Crippen LogP contribution >= 0.6 is 0 Å². The monoisotopic (exact) mass is 380 g/mol. The summed E-state index contributed by atoms with van der Waals surface area (Å²) in [6.07, 6.45) is 3.15. The Morgan fingerprint density at radius 1 is 1.14 bits per heavy atom. The molecule has 0 aliphatic rings. The van der Waals surface area contributed by atoms with Crippen molar-refractivity contribution in [3.63, 3.8) is 0 Å². The number of rotatable bonds is 5. The van der Waals surface area contributed by atoms with E-state index in [0.29, 0.717) is 0 Å². The first kappa shape index (κ1) is 19.0. The van der Waals surface area contributed by atoms with E-state index < -0.39 is 0 Å². The molecule has 2 nitrogen and oxygen atoms in total. The van der Waals surface area contributed by atoms with Crippen LogP contribution < -0.4 is 0 Å². The van der Waals surface area contributed by atoms with Crippen molar-refractivity contribution < 1.29 is 33.6 Å². The number of hydrogen-bond donors (Lipinski definition) is 1. The van der Waals surface area contributed by atoms with Crippen molar-refractivity contribution in [2.24, 2.45) is 0 Å². The van der Waals surface area contributed by atoms with Gasteiger partial charge in [-0.15, -0.1) is 17.0 Å². The molecular formula is C18H18Co2N2-2. The van der Waals surface area contributed by atoms with Crippen molar-refractivity contribution >= 4 is 10.9 Å². The van der Waals surface area contributed by atoms with Gasteiger partial charge in [-0.2, -0.15) is 48.5 Å². The Hall–Kier alpha value is -1.05. The van der Waals surface area contributed by atoms with Gasteiger partial charge in [0.15, 0.2) is 0 Å². The van der Waals surface area contributed by atoms with E-state index in [2.05, 4.69) is 59.5 Å². The molecule has 22 heavy (non-hydrogen) atoms. The van der Waals surface area contributed by atoms with Gasteiger partial charge in [0.05, 0.1) is 0 Å². The first-order chi connectivity index (χ1) is 9.83. The molecule has 0 atom stereocenters. The van der Waals surface area contributed by atoms with Gasteiger partial charge in [-0.1, -0.05) is 11.1 Å². The summed E-state index contributed by atoms with van der Waals surface area (Å²) in [5.41, 5.74) is 3.79. The second-order valence-corrected chi connectivity index (χ2v) is 5.16. The fourth-order valence-electron chi connectivity index (χ4n) is 2.48. The molecule has 3 aromatic rings. The third-order valence-corrected chi connectivity index (χ3v) is 3.59. The van der Waals surface area contributed by atoms with Crippen molar-refractivity contribution in [3.8, 4) is 0 Å². The normalized spacial score (nSPS) is 10.3. The third kappa shape index (κ3) is 4.73. The second kappa shape index (κ2) is 9.17. The van der Waals surface area contributed by atoms with Gasteiger partial charge in [-0.3, -0.25) is 0 Å². The zero-order valence-electron chi connectivity index (χ0n) is 12.4. The van der Waals surface area contributed by atoms with Crippen molar-refractivity contribution in [1.29, 1.82) is 0 Å². The van der Waals surface area contributed by atoms with E-state index in [1.54, 1.807) is 0 Å². The molecule has 0 saturated carbocycles. The minimum atomic E-state index is 0. The van der Waals surface area contributed by atoms with Crippen LogP contribution in [-0.2, 0) is 46.5 Å². The minimum Gasteiger partial charge on any atom is -0.384 e. The summed E-state index contributed by atoms with van der Waals surface area (Å²) >= 11 is 0. The van der Waals surface area contributed by atoms with Gasteiger partial charge >= 0.3 is 0 Å². The first-order valence-electron chi connectivity index (χ1n) is 6.93. The molecule has 0 saturated heterocycles. The van der Waals surface area contributed by atoms with Crippen LogP contribution in [0.15, 0.2) is 48.7 Å². The van der Waals surface area contributed by atoms with E-state index in [4.69, 9.17) is 0 Å². The zero-order valence-corrected chi connectivity index (χ0v) is 14.4. The van der Waals surface area contributed by atoms with Gasteiger partial charge in [0, 0.05) is 46.6 Å². The molecule has 2 radical (unpaired) electrons. The number of aromatic amines is 1. The van der Waals surface area contributed by atoms with E-state index in [1.807, 2.05) is 18.2 Å². The number of likely N-dealkylation sites (N-methyl/N-ethyl adjacent to an activating group) is 1. The summed E-state index contributed by atoms with van der Waals surface area (Å²) in [5, 5.41) is 1.28. The van der Waals surface area contributed by atoms with Crippen LogP contribution in [0, 0.1) is 12.1 Å². The van der Waals surface area contributed by atoms with E-state index in [1.165, 1.54) is 22.0 Å². The molecule has 0 bridgehead atoms. The van der Waals surface area contributed by atoms with Crippen LogP contribution in [0.2, 0.25) is 0 Å². The number of H-pyrrole nitrogens is 1. The third-order valence-electron chi connectivity index (χ3n) is 3.59. The summed E-state index contributed by atoms with van der Waals surface area (Å²) in [7, 11) is 2.15. The van der Waals surface area contributed by atoms with Crippen molar-refractivity contribution in [2.45, 2.75) is 13.0 Å². The quantitative estimate of drug-likeness (QED) is 0.672. The topological polar surface area (TPSA) is 19.0 Å². The van der Waals surface area contributed by atoms with E-state index in [-0.39, 0.29) is 33.6 Å². The molecular weight excluding hydrogens is 362 g/mol. The van der Waals surface area contributed by atoms with Gasteiger partial charge < -0.3 is 9.88 Å². The zero-order chi connectivity index (χ0) is 13.8. The Kier molecular flexibility index (Phi) is 7.92. The molecule has 4 heteroatoms. The predicted molar refractivity (Wildman–Crippen MR) is 82.5 cm³/mol. The number of fused-ring (bicyclic) bond motifs is 1. The molecule has 0 fully saturated rings. The molecule has 2 aromatic carbocycles. The van der Waals surface area contributed by atoms with Gasteiger partial charge in [0.1, 0.15) is 0 Å². The van der Waals surface area contributed by atoms with E-state index >= 15 is 0 Å². The SMILES string of the molecule is CN(CCc1c[nH]c2cc[c-]cc12)Cc1[c-]cccc1.[Co].[Co]. The van der Waals surface area contributed by atoms with Gasteiger partial charge in [-0.25, -0.2) is 0 Å². The Labute approximate surface area is 152 Å². The molecule has 1 aromatic heterocycles. The summed E-state index contributed by atoms with van der Waals surface area (Å²) in [6, 6.07) is 20.7. The smallest absolute Gasteiger partial charge is 0.00120 e. The number of nitrogens with zero attached hydrogens (tertiary/aromatic N) is 1. The summed E-state index contributed by atoms with van der Waals surface area (Å²) in [5.74, 6) is 0. The molecule has 1 N–H and O–H groups in total. The van der Waals surface area contributed by atoms with Gasteiger partial charge in [0.25, 0.3) is 0 Å². The Balaban J connectivity index is 0.00000121. The average molecular weight is 380 g/mol. The van der Waals surface area contributed by atoms with Gasteiger partial charge in [-0.05, 0) is 19.7 Å². The van der Waals surface area contributed by atoms with Crippen LogP contribution in [0.3, 0.4) is 0 Å². The molecule has 0 unspecified atom stereocenters. The molecule has 0 aliphatic carbocycles. The van der Waals surface area contributed by atoms with E-state index in [9.17, 15) is 0 Å². The predicted octanol–water partition coefficient (Wildman–Crippen LogP) is 3.44. The van der Waals surface area contributed by atoms with Crippen LogP contribution in [0.1, 0.15) is 11.1 Å². The molecule has 120 valence electrons. The number of aromatic nitrogens is 1. The Morgan fingerprint density at radius 3 is 2.77 bits per heavy atom. The van der Waals surface area contributed by atoms with Crippen LogP contribution in [0.5, 0.6) is 0 Å². The standard InChI is InChI=1S/C18H18N2.2Co/c1-20(14-15-7-3-2-4-8-15)12-11-16-13-19-18-10-6-5-9-17(16)18;;/h2-4,6-7,9-10,13,19H,11-12,14H2,1H3;;/q-2;;. The minimum absolute atomic E-state index is 0. The second-order valence-electron chi connectivity index (χ2n) is 5.16. The van der Waals surface area contributed by atoms with Crippen molar-refractivity contribution in [1.82, 2.24) is 9.88 Å². The fourth-order valence-corrected chi connectivity index (χ4v) is 2.48. The summed E-state index contributed by atoms with van der Waals surface area (Å²) in [6.45, 7) is 1.97. The maximum Gasteiger partial charge on any atom is 0.00120 e. The van der Waals surface area contributed by atoms with Gasteiger partial charge in [0.2, 0.25) is 0 Å². The maximum absolute atomic E-state index is 3.32. The Morgan fingerprint density at radius 2 is 2.00 bits per heavy atom. The van der Waals surface area contributed by atoms with Crippen LogP contribution in [0.4, 0.5) is 0 Å². The number of benzene rings is 2. The summed E-state index contributed by atoms with van der Waals surface area (Å²) in [4.78, 5) is 5.65. The molecule has 3 rings (SSSR count). The van der Waals surface area contributed by atoms with E-state index in [0.717, 1.165) is 19.5 Å². The maximum atomic E-state index is 3.32. The average Bonchev–Trinajstić information content (AvgIpc) is 2.89. The number of hydrogen-bond acceptors (Lipinski definition) is 1. The largest absolute Gasteiger partial charge is 0.384 e. The van der Waals surface area contributed by atoms with Crippen LogP contribution in [0.25, 0.3) is 10.9 Å². The van der Waals surface area contributed by atoms with Crippen molar-refractivity contribution in [2.75, 3.05) is 13.6 Å².